The first-order valence-electron chi connectivity index (χ1n) is 5.45. The van der Waals surface area contributed by atoms with Gasteiger partial charge in [-0.25, -0.2) is 9.18 Å². The van der Waals surface area contributed by atoms with Crippen molar-refractivity contribution in [2.75, 3.05) is 12.4 Å². The molecule has 1 aromatic heterocycles. The van der Waals surface area contributed by atoms with Gasteiger partial charge in [0.1, 0.15) is 5.82 Å². The predicted molar refractivity (Wildman–Crippen MR) is 74.4 cm³/mol. The van der Waals surface area contributed by atoms with Crippen LogP contribution in [0.4, 0.5) is 10.1 Å². The van der Waals surface area contributed by atoms with E-state index in [1.165, 1.54) is 36.6 Å². The van der Waals surface area contributed by atoms with Gasteiger partial charge in [0.05, 0.1) is 23.4 Å². The summed E-state index contributed by atoms with van der Waals surface area (Å²) in [7, 11) is 1.29. The van der Waals surface area contributed by atoms with Gasteiger partial charge in [0, 0.05) is 16.8 Å². The van der Waals surface area contributed by atoms with Crippen LogP contribution in [0.1, 0.15) is 15.2 Å². The number of carbonyl (C=O) groups is 1. The number of carbonyl (C=O) groups excluding carboxylic acids is 1. The van der Waals surface area contributed by atoms with Gasteiger partial charge in [-0.2, -0.15) is 0 Å². The molecule has 100 valence electrons. The average molecular weight is 300 g/mol. The van der Waals surface area contributed by atoms with Gasteiger partial charge in [-0.05, 0) is 24.3 Å². The number of rotatable bonds is 4. The van der Waals surface area contributed by atoms with Crippen molar-refractivity contribution >= 4 is 34.6 Å². The zero-order valence-corrected chi connectivity index (χ0v) is 11.6. The average Bonchev–Trinajstić information content (AvgIpc) is 2.81. The fourth-order valence-electron chi connectivity index (χ4n) is 1.58. The summed E-state index contributed by atoms with van der Waals surface area (Å²) in [5.41, 5.74) is 0.697. The highest BCUT2D eigenvalue weighted by atomic mass is 35.5. The Bertz CT molecular complexity index is 600. The van der Waals surface area contributed by atoms with Crippen LogP contribution in [0, 0.1) is 5.82 Å². The van der Waals surface area contributed by atoms with Crippen LogP contribution >= 0.6 is 22.9 Å². The third-order valence-corrected chi connectivity index (χ3v) is 3.75. The van der Waals surface area contributed by atoms with E-state index in [0.29, 0.717) is 22.8 Å². The summed E-state index contributed by atoms with van der Waals surface area (Å²) in [5, 5.41) is 5.48. The third-order valence-electron chi connectivity index (χ3n) is 2.46. The molecule has 6 heteroatoms. The number of esters is 1. The van der Waals surface area contributed by atoms with Crippen molar-refractivity contribution < 1.29 is 13.9 Å². The van der Waals surface area contributed by atoms with E-state index in [0.717, 1.165) is 4.88 Å². The first-order chi connectivity index (χ1) is 9.10. The van der Waals surface area contributed by atoms with E-state index >= 15 is 0 Å². The number of halogens is 2. The molecule has 0 aliphatic heterocycles. The molecular weight excluding hydrogens is 289 g/mol. The summed E-state index contributed by atoms with van der Waals surface area (Å²) in [6.45, 7) is 0.463. The predicted octanol–water partition coefficient (Wildman–Crippen LogP) is 3.94. The minimum absolute atomic E-state index is 0.298. The van der Waals surface area contributed by atoms with Crippen molar-refractivity contribution in [3.8, 4) is 0 Å². The van der Waals surface area contributed by atoms with Gasteiger partial charge >= 0.3 is 5.97 Å². The zero-order chi connectivity index (χ0) is 13.8. The van der Waals surface area contributed by atoms with Gasteiger partial charge in [0.2, 0.25) is 0 Å². The molecule has 0 spiro atoms. The summed E-state index contributed by atoms with van der Waals surface area (Å²) < 4.78 is 17.9. The number of anilines is 1. The van der Waals surface area contributed by atoms with Crippen LogP contribution in [-0.2, 0) is 11.3 Å². The first kappa shape index (κ1) is 13.8. The van der Waals surface area contributed by atoms with Gasteiger partial charge < -0.3 is 10.1 Å². The number of hydrogen-bond acceptors (Lipinski definition) is 4. The lowest BCUT2D eigenvalue weighted by Gasteiger charge is -2.10. The molecular formula is C13H11ClFNO2S. The van der Waals surface area contributed by atoms with Gasteiger partial charge in [-0.15, -0.1) is 11.3 Å². The molecule has 2 aromatic rings. The number of ether oxygens (including phenoxy) is 1. The minimum Gasteiger partial charge on any atom is -0.465 e. The molecule has 0 aliphatic carbocycles. The summed E-state index contributed by atoms with van der Waals surface area (Å²) in [4.78, 5) is 12.5. The molecule has 0 saturated carbocycles. The molecule has 0 bridgehead atoms. The highest BCUT2D eigenvalue weighted by molar-refractivity contribution is 7.10. The van der Waals surface area contributed by atoms with Crippen LogP contribution in [0.2, 0.25) is 5.02 Å². The smallest absolute Gasteiger partial charge is 0.339 e. The Kier molecular flexibility index (Phi) is 4.39. The second-order valence-corrected chi connectivity index (χ2v) is 5.20. The summed E-state index contributed by atoms with van der Waals surface area (Å²) in [5.74, 6) is -0.925. The van der Waals surface area contributed by atoms with Gasteiger partial charge in [0.15, 0.2) is 0 Å². The molecule has 0 unspecified atom stereocenters. The molecule has 0 saturated heterocycles. The van der Waals surface area contributed by atoms with Crippen LogP contribution in [0.3, 0.4) is 0 Å². The Morgan fingerprint density at radius 2 is 2.26 bits per heavy atom. The fraction of sp³-hybridized carbons (Fsp3) is 0.154. The van der Waals surface area contributed by atoms with E-state index in [1.807, 2.05) is 11.4 Å². The second kappa shape index (κ2) is 6.04. The van der Waals surface area contributed by atoms with Gasteiger partial charge in [-0.3, -0.25) is 0 Å². The molecule has 3 nitrogen and oxygen atoms in total. The Morgan fingerprint density at radius 1 is 1.47 bits per heavy atom. The Labute approximate surface area is 119 Å². The molecule has 0 aliphatic rings. The van der Waals surface area contributed by atoms with Gasteiger partial charge in [-0.1, -0.05) is 11.6 Å². The highest BCUT2D eigenvalue weighted by Gasteiger charge is 2.12. The van der Waals surface area contributed by atoms with Crippen molar-refractivity contribution in [1.82, 2.24) is 0 Å². The number of nitrogens with one attached hydrogen (secondary N) is 1. The van der Waals surface area contributed by atoms with Crippen molar-refractivity contribution in [3.05, 3.63) is 50.9 Å². The quantitative estimate of drug-likeness (QED) is 0.869. The fourth-order valence-corrected chi connectivity index (χ4v) is 2.59. The maximum absolute atomic E-state index is 13.2. The minimum atomic E-state index is -0.508. The van der Waals surface area contributed by atoms with Crippen LogP contribution in [-0.4, -0.2) is 13.1 Å². The van der Waals surface area contributed by atoms with E-state index in [2.05, 4.69) is 10.1 Å². The monoisotopic (exact) mass is 299 g/mol. The molecule has 1 aromatic carbocycles. The van der Waals surface area contributed by atoms with Gasteiger partial charge in [0.25, 0.3) is 0 Å². The van der Waals surface area contributed by atoms with Crippen LogP contribution in [0.15, 0.2) is 29.6 Å². The van der Waals surface area contributed by atoms with E-state index in [-0.39, 0.29) is 0 Å². The van der Waals surface area contributed by atoms with Crippen molar-refractivity contribution in [1.29, 1.82) is 0 Å². The Balaban J connectivity index is 2.18. The normalized spacial score (nSPS) is 10.3. The van der Waals surface area contributed by atoms with Crippen molar-refractivity contribution in [2.45, 2.75) is 6.54 Å². The maximum Gasteiger partial charge on any atom is 0.339 e. The molecule has 0 fully saturated rings. The first-order valence-corrected chi connectivity index (χ1v) is 6.70. The van der Waals surface area contributed by atoms with E-state index in [1.54, 1.807) is 0 Å². The van der Waals surface area contributed by atoms with Crippen molar-refractivity contribution in [3.63, 3.8) is 0 Å². The standard InChI is InChI=1S/C13H11ClFNO2S/c1-18-13(17)11-3-2-9(15)5-12(11)16-6-10-4-8(14)7-19-10/h2-5,7,16H,6H2,1H3. The largest absolute Gasteiger partial charge is 0.465 e. The zero-order valence-electron chi connectivity index (χ0n) is 10.1. The third kappa shape index (κ3) is 3.45. The molecule has 0 radical (unpaired) electrons. The second-order valence-electron chi connectivity index (χ2n) is 3.77. The molecule has 1 heterocycles. The topological polar surface area (TPSA) is 38.3 Å². The highest BCUT2D eigenvalue weighted by Crippen LogP contribution is 2.23. The lowest BCUT2D eigenvalue weighted by Crippen LogP contribution is -2.08. The Morgan fingerprint density at radius 3 is 2.89 bits per heavy atom. The molecule has 2 rings (SSSR count). The summed E-state index contributed by atoms with van der Waals surface area (Å²) >= 11 is 7.31. The number of benzene rings is 1. The maximum atomic E-state index is 13.2. The number of hydrogen-bond donors (Lipinski definition) is 1. The van der Waals surface area contributed by atoms with Crippen LogP contribution in [0.5, 0.6) is 0 Å². The molecule has 0 atom stereocenters. The van der Waals surface area contributed by atoms with E-state index in [9.17, 15) is 9.18 Å². The molecule has 19 heavy (non-hydrogen) atoms. The molecule has 0 amide bonds. The lowest BCUT2D eigenvalue weighted by molar-refractivity contribution is 0.0602. The Hall–Kier alpha value is -1.59. The van der Waals surface area contributed by atoms with Crippen LogP contribution < -0.4 is 5.32 Å². The van der Waals surface area contributed by atoms with E-state index < -0.39 is 11.8 Å². The van der Waals surface area contributed by atoms with Crippen molar-refractivity contribution in [2.24, 2.45) is 0 Å². The summed E-state index contributed by atoms with van der Waals surface area (Å²) in [6.07, 6.45) is 0. The number of methoxy groups -OCH3 is 1. The number of thiophene rings is 1. The van der Waals surface area contributed by atoms with E-state index in [4.69, 9.17) is 11.6 Å². The SMILES string of the molecule is COC(=O)c1ccc(F)cc1NCc1cc(Cl)cs1. The molecule has 1 N–H and O–H groups in total. The van der Waals surface area contributed by atoms with Crippen LogP contribution in [0.25, 0.3) is 0 Å². The lowest BCUT2D eigenvalue weighted by atomic mass is 10.1. The summed E-state index contributed by atoms with van der Waals surface area (Å²) in [6, 6.07) is 5.70.